The number of hydrogen-bond donors (Lipinski definition) is 1. The van der Waals surface area contributed by atoms with Crippen molar-refractivity contribution in [2.24, 2.45) is 11.8 Å². The zero-order valence-electron chi connectivity index (χ0n) is 41.8. The van der Waals surface area contributed by atoms with Crippen LogP contribution < -0.4 is 0 Å². The van der Waals surface area contributed by atoms with Crippen molar-refractivity contribution in [1.82, 2.24) is 9.80 Å². The number of ether oxygens (including phenoxy) is 2. The highest BCUT2D eigenvalue weighted by atomic mass is 19.1. The Bertz CT molecular complexity index is 935. The fourth-order valence-corrected chi connectivity index (χ4v) is 8.67. The van der Waals surface area contributed by atoms with Gasteiger partial charge in [0.05, 0.1) is 19.8 Å². The molecule has 0 saturated heterocycles. The first-order valence-corrected chi connectivity index (χ1v) is 27.1. The number of unbranched alkanes of at least 4 members (excludes halogenated alkanes) is 24. The number of rotatable bonds is 50. The van der Waals surface area contributed by atoms with Crippen LogP contribution in [0.1, 0.15) is 259 Å². The number of nitrogens with zero attached hydrogens (tertiary/aromatic N) is 2. The minimum Gasteiger partial charge on any atom is -0.465 e. The summed E-state index contributed by atoms with van der Waals surface area (Å²) in [4.78, 5) is 29.6. The van der Waals surface area contributed by atoms with Crippen molar-refractivity contribution in [1.29, 1.82) is 0 Å². The van der Waals surface area contributed by atoms with E-state index in [2.05, 4.69) is 32.6 Å². The molecule has 0 fully saturated rings. The molecule has 0 atom stereocenters. The Kier molecular flexibility index (Phi) is 47.5. The molecule has 0 aliphatic rings. The second-order valence-corrected chi connectivity index (χ2v) is 18.8. The fraction of sp³-hybridized carbons (Fsp3) is 0.926. The number of carbonyl (C=O) groups is 2. The number of carbonyl (C=O) groups excluding carboxylic acids is 2. The van der Waals surface area contributed by atoms with E-state index in [1.165, 1.54) is 173 Å². The first kappa shape index (κ1) is 60.3. The van der Waals surface area contributed by atoms with Crippen LogP contribution in [0.15, 0.2) is 12.5 Å². The normalized spacial score (nSPS) is 11.8. The zero-order valence-corrected chi connectivity index (χ0v) is 41.8. The van der Waals surface area contributed by atoms with Crippen molar-refractivity contribution in [2.45, 2.75) is 259 Å². The van der Waals surface area contributed by atoms with E-state index in [4.69, 9.17) is 9.47 Å². The molecule has 0 saturated carbocycles. The molecule has 0 aliphatic carbocycles. The summed E-state index contributed by atoms with van der Waals surface area (Å²) in [6, 6.07) is 0. The standard InChI is InChI=1S/C54H105FN2O5/c1-5-9-13-17-21-27-35-51(36-28-22-18-14-10-6-2)49-61-53(59)39-31-25-33-42-56(44-41-55)45-46-57(47-48-58)43-34-26-32-40-54(60)62-50-52(37-29-23-19-15-11-7-3)38-30-24-20-16-12-8-4/h41,44,51-52,58H,5-40,42-43,45-50H2,1-4H3/b44-41+. The zero-order chi connectivity index (χ0) is 45.4. The third-order valence-corrected chi connectivity index (χ3v) is 12.9. The van der Waals surface area contributed by atoms with E-state index in [0.29, 0.717) is 57.3 Å². The van der Waals surface area contributed by atoms with Crippen molar-refractivity contribution in [3.05, 3.63) is 12.5 Å². The molecule has 0 aromatic rings. The lowest BCUT2D eigenvalue weighted by atomic mass is 9.94. The van der Waals surface area contributed by atoms with E-state index in [0.717, 1.165) is 71.0 Å². The lowest BCUT2D eigenvalue weighted by Gasteiger charge is -2.26. The molecule has 0 unspecified atom stereocenters. The Hall–Kier alpha value is -1.67. The molecule has 0 amide bonds. The maximum absolute atomic E-state index is 13.3. The lowest BCUT2D eigenvalue weighted by molar-refractivity contribution is -0.146. The lowest BCUT2D eigenvalue weighted by Crippen LogP contribution is -2.35. The highest BCUT2D eigenvalue weighted by Crippen LogP contribution is 2.22. The van der Waals surface area contributed by atoms with E-state index in [-0.39, 0.29) is 18.5 Å². The van der Waals surface area contributed by atoms with Crippen molar-refractivity contribution in [3.8, 4) is 0 Å². The molecule has 368 valence electrons. The third-order valence-electron chi connectivity index (χ3n) is 12.9. The van der Waals surface area contributed by atoms with E-state index >= 15 is 0 Å². The first-order chi connectivity index (χ1) is 30.4. The maximum atomic E-state index is 13.3. The summed E-state index contributed by atoms with van der Waals surface area (Å²) in [6.07, 6.45) is 44.1. The molecule has 0 aromatic carbocycles. The average molecular weight is 881 g/mol. The van der Waals surface area contributed by atoms with Gasteiger partial charge in [0.15, 0.2) is 0 Å². The Labute approximate surface area is 384 Å². The maximum Gasteiger partial charge on any atom is 0.305 e. The summed E-state index contributed by atoms with van der Waals surface area (Å²) in [6.45, 7) is 13.8. The van der Waals surface area contributed by atoms with Crippen LogP contribution in [0, 0.1) is 11.8 Å². The van der Waals surface area contributed by atoms with Gasteiger partial charge >= 0.3 is 11.9 Å². The Morgan fingerprint density at radius 3 is 1.18 bits per heavy atom. The number of esters is 2. The molecule has 0 aromatic heterocycles. The molecule has 0 bridgehead atoms. The molecule has 62 heavy (non-hydrogen) atoms. The molecule has 7 nitrogen and oxygen atoms in total. The van der Waals surface area contributed by atoms with Crippen LogP contribution in [0.2, 0.25) is 0 Å². The molecule has 0 aliphatic heterocycles. The SMILES string of the molecule is CCCCCCCCC(CCCCCCCC)COC(=O)CCCCCN(/C=C/F)CCN(CCO)CCCCCC(=O)OCC(CCCCCCCC)CCCCCCCC. The van der Waals surface area contributed by atoms with Gasteiger partial charge in [-0.05, 0) is 69.7 Å². The summed E-state index contributed by atoms with van der Waals surface area (Å²) in [5.74, 6) is 0.823. The summed E-state index contributed by atoms with van der Waals surface area (Å²) < 4.78 is 25.0. The molecule has 0 heterocycles. The molecule has 1 N–H and O–H groups in total. The van der Waals surface area contributed by atoms with Crippen molar-refractivity contribution in [2.75, 3.05) is 52.5 Å². The minimum atomic E-state index is -0.0795. The van der Waals surface area contributed by atoms with E-state index in [9.17, 15) is 19.1 Å². The second-order valence-electron chi connectivity index (χ2n) is 18.8. The molecular formula is C54H105FN2O5. The minimum absolute atomic E-state index is 0.0649. The second kappa shape index (κ2) is 48.8. The Morgan fingerprint density at radius 1 is 0.452 bits per heavy atom. The average Bonchev–Trinajstić information content (AvgIpc) is 3.27. The largest absolute Gasteiger partial charge is 0.465 e. The van der Waals surface area contributed by atoms with Gasteiger partial charge < -0.3 is 19.5 Å². The predicted octanol–water partition coefficient (Wildman–Crippen LogP) is 15.5. The highest BCUT2D eigenvalue weighted by molar-refractivity contribution is 5.69. The van der Waals surface area contributed by atoms with Gasteiger partial charge in [0.25, 0.3) is 0 Å². The monoisotopic (exact) mass is 881 g/mol. The van der Waals surface area contributed by atoms with Crippen molar-refractivity contribution >= 4 is 11.9 Å². The molecule has 0 rings (SSSR count). The van der Waals surface area contributed by atoms with Crippen molar-refractivity contribution < 1.29 is 28.6 Å². The van der Waals surface area contributed by atoms with Gasteiger partial charge in [-0.2, -0.15) is 0 Å². The van der Waals surface area contributed by atoms with Crippen LogP contribution >= 0.6 is 0 Å². The number of hydrogen-bond acceptors (Lipinski definition) is 7. The van der Waals surface area contributed by atoms with Gasteiger partial charge in [-0.1, -0.05) is 195 Å². The molecule has 0 radical (unpaired) electrons. The van der Waals surface area contributed by atoms with Crippen molar-refractivity contribution in [3.63, 3.8) is 0 Å². The summed E-state index contributed by atoms with van der Waals surface area (Å²) >= 11 is 0. The third kappa shape index (κ3) is 42.3. The fourth-order valence-electron chi connectivity index (χ4n) is 8.67. The molecule has 8 heteroatoms. The number of aliphatic hydroxyl groups excluding tert-OH is 1. The van der Waals surface area contributed by atoms with Crippen LogP contribution in [0.4, 0.5) is 4.39 Å². The summed E-state index contributed by atoms with van der Waals surface area (Å²) in [7, 11) is 0. The van der Waals surface area contributed by atoms with Gasteiger partial charge in [0.2, 0.25) is 0 Å². The Balaban J connectivity index is 4.49. The molecule has 0 spiro atoms. The topological polar surface area (TPSA) is 79.3 Å². The van der Waals surface area contributed by atoms with Crippen LogP contribution in [-0.2, 0) is 19.1 Å². The molecular weight excluding hydrogens is 776 g/mol. The van der Waals surface area contributed by atoms with Gasteiger partial charge in [0.1, 0.15) is 6.33 Å². The quantitative estimate of drug-likeness (QED) is 0.0482. The first-order valence-electron chi connectivity index (χ1n) is 27.1. The summed E-state index contributed by atoms with van der Waals surface area (Å²) in [5.41, 5.74) is 0. The highest BCUT2D eigenvalue weighted by Gasteiger charge is 2.15. The van der Waals surface area contributed by atoms with Crippen LogP contribution in [0.3, 0.4) is 0 Å². The van der Waals surface area contributed by atoms with Gasteiger partial charge in [-0.25, -0.2) is 4.39 Å². The number of aliphatic hydroxyl groups is 1. The smallest absolute Gasteiger partial charge is 0.305 e. The van der Waals surface area contributed by atoms with E-state index in [1.807, 2.05) is 4.90 Å². The Morgan fingerprint density at radius 2 is 0.806 bits per heavy atom. The van der Waals surface area contributed by atoms with Gasteiger partial charge in [-0.15, -0.1) is 0 Å². The van der Waals surface area contributed by atoms with Crippen LogP contribution in [0.5, 0.6) is 0 Å². The number of halogens is 1. The van der Waals surface area contributed by atoms with Crippen LogP contribution in [0.25, 0.3) is 0 Å². The predicted molar refractivity (Wildman–Crippen MR) is 263 cm³/mol. The van der Waals surface area contributed by atoms with Crippen LogP contribution in [-0.4, -0.2) is 79.4 Å². The van der Waals surface area contributed by atoms with E-state index < -0.39 is 0 Å². The summed E-state index contributed by atoms with van der Waals surface area (Å²) in [5, 5.41) is 9.72. The van der Waals surface area contributed by atoms with Gasteiger partial charge in [0, 0.05) is 45.2 Å². The van der Waals surface area contributed by atoms with Gasteiger partial charge in [-0.3, -0.25) is 14.5 Å². The van der Waals surface area contributed by atoms with E-state index in [1.54, 1.807) is 0 Å².